The van der Waals surface area contributed by atoms with Gasteiger partial charge in [-0.2, -0.15) is 0 Å². The minimum Gasteiger partial charge on any atom is -0.447 e. The highest BCUT2D eigenvalue weighted by molar-refractivity contribution is 5.64. The van der Waals surface area contributed by atoms with Crippen LogP contribution in [0.15, 0.2) is 30.3 Å². The number of carbonyl (C=O) groups is 1. The van der Waals surface area contributed by atoms with Gasteiger partial charge in [0.15, 0.2) is 6.29 Å². The van der Waals surface area contributed by atoms with Crippen molar-refractivity contribution in [2.24, 2.45) is 5.73 Å². The highest BCUT2D eigenvalue weighted by Crippen LogP contribution is 2.23. The summed E-state index contributed by atoms with van der Waals surface area (Å²) in [6.45, 7) is 1.29. The summed E-state index contributed by atoms with van der Waals surface area (Å²) >= 11 is 0. The number of hydrogen-bond donors (Lipinski definition) is 1. The molecule has 2 N–H and O–H groups in total. The fourth-order valence-electron chi connectivity index (χ4n) is 1.74. The molecule has 1 aliphatic rings. The van der Waals surface area contributed by atoms with Gasteiger partial charge in [0.1, 0.15) is 12.7 Å². The summed E-state index contributed by atoms with van der Waals surface area (Å²) < 4.78 is 21.1. The summed E-state index contributed by atoms with van der Waals surface area (Å²) in [6, 6.07) is 9.72. The third kappa shape index (κ3) is 4.51. The molecule has 1 heterocycles. The summed E-state index contributed by atoms with van der Waals surface area (Å²) in [5, 5.41) is 0. The molecule has 0 bridgehead atoms. The summed E-state index contributed by atoms with van der Waals surface area (Å²) in [6.07, 6.45) is -1.30. The van der Waals surface area contributed by atoms with Gasteiger partial charge in [-0.05, 0) is 0 Å². The van der Waals surface area contributed by atoms with Gasteiger partial charge in [-0.15, -0.1) is 0 Å². The largest absolute Gasteiger partial charge is 0.447 e. The molecule has 0 radical (unpaired) electrons. The predicted molar refractivity (Wildman–Crippen MR) is 66.4 cm³/mol. The molecule has 1 aliphatic heterocycles. The number of ether oxygens (including phenoxy) is 4. The molecule has 0 unspecified atom stereocenters. The van der Waals surface area contributed by atoms with Crippen LogP contribution in [0.4, 0.5) is 4.79 Å². The Labute approximate surface area is 111 Å². The van der Waals surface area contributed by atoms with E-state index >= 15 is 0 Å². The Kier molecular flexibility index (Phi) is 5.14. The lowest BCUT2D eigenvalue weighted by atomic mass is 10.2. The normalized spacial score (nSPS) is 22.9. The van der Waals surface area contributed by atoms with Crippen molar-refractivity contribution in [1.82, 2.24) is 0 Å². The predicted octanol–water partition coefficient (Wildman–Crippen LogP) is 1.21. The SMILES string of the molecule is NC(=O)OCCOC1COC(c2ccccc2)OC1. The zero-order valence-electron chi connectivity index (χ0n) is 10.5. The van der Waals surface area contributed by atoms with E-state index in [2.05, 4.69) is 4.74 Å². The fourth-order valence-corrected chi connectivity index (χ4v) is 1.74. The van der Waals surface area contributed by atoms with E-state index in [9.17, 15) is 4.79 Å². The van der Waals surface area contributed by atoms with Crippen molar-refractivity contribution in [2.45, 2.75) is 12.4 Å². The number of primary amides is 1. The van der Waals surface area contributed by atoms with Crippen LogP contribution in [0.3, 0.4) is 0 Å². The maximum absolute atomic E-state index is 10.3. The van der Waals surface area contributed by atoms with Gasteiger partial charge in [0.25, 0.3) is 0 Å². The van der Waals surface area contributed by atoms with Crippen LogP contribution in [-0.2, 0) is 18.9 Å². The van der Waals surface area contributed by atoms with Crippen LogP contribution >= 0.6 is 0 Å². The summed E-state index contributed by atoms with van der Waals surface area (Å²) in [5.74, 6) is 0. The van der Waals surface area contributed by atoms with Gasteiger partial charge < -0.3 is 24.7 Å². The first-order valence-electron chi connectivity index (χ1n) is 6.07. The average Bonchev–Trinajstić information content (AvgIpc) is 2.45. The lowest BCUT2D eigenvalue weighted by Gasteiger charge is -2.29. The Bertz CT molecular complexity index is 389. The van der Waals surface area contributed by atoms with E-state index in [1.807, 2.05) is 30.3 Å². The Morgan fingerprint density at radius 2 is 1.89 bits per heavy atom. The number of carbonyl (C=O) groups excluding carboxylic acids is 1. The molecule has 6 heteroatoms. The minimum absolute atomic E-state index is 0.133. The van der Waals surface area contributed by atoms with Crippen molar-refractivity contribution in [3.05, 3.63) is 35.9 Å². The van der Waals surface area contributed by atoms with Crippen molar-refractivity contribution in [1.29, 1.82) is 0 Å². The van der Waals surface area contributed by atoms with Gasteiger partial charge in [-0.3, -0.25) is 0 Å². The Balaban J connectivity index is 1.67. The molecule has 1 fully saturated rings. The summed E-state index contributed by atoms with van der Waals surface area (Å²) in [5.41, 5.74) is 5.81. The monoisotopic (exact) mass is 267 g/mol. The van der Waals surface area contributed by atoms with Crippen LogP contribution in [0, 0.1) is 0 Å². The van der Waals surface area contributed by atoms with Gasteiger partial charge in [-0.1, -0.05) is 30.3 Å². The van der Waals surface area contributed by atoms with Gasteiger partial charge in [0.2, 0.25) is 0 Å². The maximum Gasteiger partial charge on any atom is 0.404 e. The molecule has 1 aromatic carbocycles. The van der Waals surface area contributed by atoms with Crippen LogP contribution in [0.1, 0.15) is 11.9 Å². The summed E-state index contributed by atoms with van der Waals surface area (Å²) in [4.78, 5) is 10.3. The molecular formula is C13H17NO5. The molecule has 2 rings (SSSR count). The second-order valence-electron chi connectivity index (χ2n) is 4.07. The topological polar surface area (TPSA) is 80.0 Å². The molecule has 0 saturated carbocycles. The van der Waals surface area contributed by atoms with Crippen LogP contribution in [-0.4, -0.2) is 38.6 Å². The third-order valence-electron chi connectivity index (χ3n) is 2.62. The number of rotatable bonds is 5. The van der Waals surface area contributed by atoms with E-state index in [0.29, 0.717) is 13.2 Å². The lowest BCUT2D eigenvalue weighted by Crippen LogP contribution is -2.34. The molecule has 6 nitrogen and oxygen atoms in total. The highest BCUT2D eigenvalue weighted by Gasteiger charge is 2.23. The van der Waals surface area contributed by atoms with Crippen molar-refractivity contribution in [3.63, 3.8) is 0 Å². The second kappa shape index (κ2) is 7.08. The van der Waals surface area contributed by atoms with Crippen LogP contribution < -0.4 is 5.73 Å². The van der Waals surface area contributed by atoms with Crippen LogP contribution in [0.2, 0.25) is 0 Å². The lowest BCUT2D eigenvalue weighted by molar-refractivity contribution is -0.231. The number of amides is 1. The first kappa shape index (κ1) is 13.8. The molecule has 1 amide bonds. The average molecular weight is 267 g/mol. The van der Waals surface area contributed by atoms with Gasteiger partial charge in [0.05, 0.1) is 19.8 Å². The van der Waals surface area contributed by atoms with Crippen LogP contribution in [0.5, 0.6) is 0 Å². The Morgan fingerprint density at radius 3 is 2.53 bits per heavy atom. The molecule has 0 aromatic heterocycles. The molecular weight excluding hydrogens is 250 g/mol. The second-order valence-corrected chi connectivity index (χ2v) is 4.07. The van der Waals surface area contributed by atoms with E-state index in [1.54, 1.807) is 0 Å². The zero-order valence-corrected chi connectivity index (χ0v) is 10.5. The van der Waals surface area contributed by atoms with Gasteiger partial charge in [0, 0.05) is 5.56 Å². The molecule has 1 saturated heterocycles. The molecule has 0 aliphatic carbocycles. The van der Waals surface area contributed by atoms with Crippen LogP contribution in [0.25, 0.3) is 0 Å². The number of benzene rings is 1. The van der Waals surface area contributed by atoms with E-state index in [4.69, 9.17) is 19.9 Å². The van der Waals surface area contributed by atoms with Gasteiger partial charge >= 0.3 is 6.09 Å². The quantitative estimate of drug-likeness (QED) is 0.811. The Hall–Kier alpha value is -1.63. The molecule has 104 valence electrons. The summed E-state index contributed by atoms with van der Waals surface area (Å²) in [7, 11) is 0. The van der Waals surface area contributed by atoms with Crippen molar-refractivity contribution in [3.8, 4) is 0 Å². The van der Waals surface area contributed by atoms with Crippen molar-refractivity contribution >= 4 is 6.09 Å². The van der Waals surface area contributed by atoms with E-state index < -0.39 is 6.09 Å². The first-order valence-corrected chi connectivity index (χ1v) is 6.07. The smallest absolute Gasteiger partial charge is 0.404 e. The van der Waals surface area contributed by atoms with Crippen molar-refractivity contribution < 1.29 is 23.7 Å². The molecule has 0 spiro atoms. The highest BCUT2D eigenvalue weighted by atomic mass is 16.7. The van der Waals surface area contributed by atoms with E-state index in [-0.39, 0.29) is 25.6 Å². The molecule has 19 heavy (non-hydrogen) atoms. The first-order chi connectivity index (χ1) is 9.25. The van der Waals surface area contributed by atoms with E-state index in [0.717, 1.165) is 5.56 Å². The molecule has 1 aromatic rings. The number of nitrogens with two attached hydrogens (primary N) is 1. The fraction of sp³-hybridized carbons (Fsp3) is 0.462. The van der Waals surface area contributed by atoms with Gasteiger partial charge in [-0.25, -0.2) is 4.79 Å². The minimum atomic E-state index is -0.802. The van der Waals surface area contributed by atoms with E-state index in [1.165, 1.54) is 0 Å². The number of hydrogen-bond acceptors (Lipinski definition) is 5. The molecule has 0 atom stereocenters. The Morgan fingerprint density at radius 1 is 1.21 bits per heavy atom. The zero-order chi connectivity index (χ0) is 13.5. The third-order valence-corrected chi connectivity index (χ3v) is 2.62. The van der Waals surface area contributed by atoms with Crippen molar-refractivity contribution in [2.75, 3.05) is 26.4 Å². The maximum atomic E-state index is 10.3. The standard InChI is InChI=1S/C13H17NO5/c14-13(15)17-7-6-16-11-8-18-12(19-9-11)10-4-2-1-3-5-10/h1-5,11-12H,6-9H2,(H2,14,15).